The fraction of sp³-hybridized carbons (Fsp3) is 0.429. The van der Waals surface area contributed by atoms with Crippen LogP contribution in [0.25, 0.3) is 0 Å². The normalized spacial score (nSPS) is 10.6. The number of hydrogen-bond donors (Lipinski definition) is 2. The highest BCUT2D eigenvalue weighted by Crippen LogP contribution is 2.22. The molecule has 2 aromatic rings. The SMILES string of the molecule is CCNc1nc(C)c(C(=O)NCCc2ccc(C)o2)s1. The van der Waals surface area contributed by atoms with Crippen LogP contribution in [-0.2, 0) is 6.42 Å². The van der Waals surface area contributed by atoms with Crippen molar-refractivity contribution < 1.29 is 9.21 Å². The van der Waals surface area contributed by atoms with E-state index in [1.807, 2.05) is 32.9 Å². The fourth-order valence-corrected chi connectivity index (χ4v) is 2.78. The first-order valence-corrected chi connectivity index (χ1v) is 7.46. The van der Waals surface area contributed by atoms with Gasteiger partial charge in [0.2, 0.25) is 0 Å². The van der Waals surface area contributed by atoms with Crippen LogP contribution in [0.15, 0.2) is 16.5 Å². The summed E-state index contributed by atoms with van der Waals surface area (Å²) in [6, 6.07) is 3.86. The van der Waals surface area contributed by atoms with Crippen LogP contribution in [0.5, 0.6) is 0 Å². The highest BCUT2D eigenvalue weighted by atomic mass is 32.1. The van der Waals surface area contributed by atoms with Crippen molar-refractivity contribution in [3.63, 3.8) is 0 Å². The first kappa shape index (κ1) is 14.6. The second kappa shape index (κ2) is 6.56. The van der Waals surface area contributed by atoms with E-state index in [-0.39, 0.29) is 5.91 Å². The van der Waals surface area contributed by atoms with Crippen LogP contribution in [0.1, 0.15) is 33.8 Å². The summed E-state index contributed by atoms with van der Waals surface area (Å²) in [4.78, 5) is 17.1. The summed E-state index contributed by atoms with van der Waals surface area (Å²) in [5.41, 5.74) is 0.761. The molecule has 20 heavy (non-hydrogen) atoms. The molecule has 0 aliphatic heterocycles. The smallest absolute Gasteiger partial charge is 0.263 e. The number of carbonyl (C=O) groups is 1. The predicted molar refractivity (Wildman–Crippen MR) is 80.5 cm³/mol. The number of aryl methyl sites for hydroxylation is 2. The Kier molecular flexibility index (Phi) is 4.79. The second-order valence-corrected chi connectivity index (χ2v) is 5.48. The highest BCUT2D eigenvalue weighted by molar-refractivity contribution is 7.17. The summed E-state index contributed by atoms with van der Waals surface area (Å²) in [7, 11) is 0. The van der Waals surface area contributed by atoms with Gasteiger partial charge in [-0.3, -0.25) is 4.79 Å². The van der Waals surface area contributed by atoms with Crippen LogP contribution in [0.3, 0.4) is 0 Å². The molecule has 2 heterocycles. The van der Waals surface area contributed by atoms with Crippen LogP contribution in [0.4, 0.5) is 5.13 Å². The third-order valence-corrected chi connectivity index (χ3v) is 3.90. The maximum Gasteiger partial charge on any atom is 0.263 e. The molecule has 108 valence electrons. The van der Waals surface area contributed by atoms with Crippen molar-refractivity contribution in [1.29, 1.82) is 0 Å². The molecule has 0 aliphatic carbocycles. The van der Waals surface area contributed by atoms with E-state index in [9.17, 15) is 4.79 Å². The Morgan fingerprint density at radius 3 is 2.85 bits per heavy atom. The quantitative estimate of drug-likeness (QED) is 0.859. The Labute approximate surface area is 122 Å². The first-order valence-electron chi connectivity index (χ1n) is 6.65. The molecule has 0 radical (unpaired) electrons. The van der Waals surface area contributed by atoms with E-state index < -0.39 is 0 Å². The Morgan fingerprint density at radius 2 is 2.20 bits per heavy atom. The van der Waals surface area contributed by atoms with Crippen LogP contribution in [-0.4, -0.2) is 24.0 Å². The minimum Gasteiger partial charge on any atom is -0.466 e. The van der Waals surface area contributed by atoms with Crippen molar-refractivity contribution in [2.24, 2.45) is 0 Å². The molecule has 2 aromatic heterocycles. The molecule has 0 unspecified atom stereocenters. The minimum absolute atomic E-state index is 0.0765. The largest absolute Gasteiger partial charge is 0.466 e. The van der Waals surface area contributed by atoms with Gasteiger partial charge in [-0.15, -0.1) is 0 Å². The van der Waals surface area contributed by atoms with Crippen molar-refractivity contribution in [3.8, 4) is 0 Å². The number of furan rings is 1. The Balaban J connectivity index is 1.88. The molecule has 0 fully saturated rings. The van der Waals surface area contributed by atoms with Gasteiger partial charge in [-0.1, -0.05) is 11.3 Å². The number of anilines is 1. The van der Waals surface area contributed by atoms with Crippen molar-refractivity contribution in [1.82, 2.24) is 10.3 Å². The van der Waals surface area contributed by atoms with Crippen molar-refractivity contribution >= 4 is 22.4 Å². The molecular weight excluding hydrogens is 274 g/mol. The van der Waals surface area contributed by atoms with E-state index >= 15 is 0 Å². The van der Waals surface area contributed by atoms with E-state index in [1.165, 1.54) is 11.3 Å². The summed E-state index contributed by atoms with van der Waals surface area (Å²) in [5, 5.41) is 6.81. The van der Waals surface area contributed by atoms with Gasteiger partial charge in [-0.2, -0.15) is 0 Å². The topological polar surface area (TPSA) is 67.2 Å². The zero-order chi connectivity index (χ0) is 14.5. The van der Waals surface area contributed by atoms with E-state index in [1.54, 1.807) is 0 Å². The average Bonchev–Trinajstić information content (AvgIpc) is 2.96. The van der Waals surface area contributed by atoms with Gasteiger partial charge in [-0.25, -0.2) is 4.98 Å². The van der Waals surface area contributed by atoms with Gasteiger partial charge in [0, 0.05) is 19.5 Å². The van der Waals surface area contributed by atoms with Gasteiger partial charge in [0.25, 0.3) is 5.91 Å². The molecular formula is C14H19N3O2S. The summed E-state index contributed by atoms with van der Waals surface area (Å²) >= 11 is 1.38. The summed E-state index contributed by atoms with van der Waals surface area (Å²) < 4.78 is 5.46. The van der Waals surface area contributed by atoms with Crippen molar-refractivity contribution in [2.75, 3.05) is 18.4 Å². The van der Waals surface area contributed by atoms with Gasteiger partial charge in [0.05, 0.1) is 5.69 Å². The zero-order valence-electron chi connectivity index (χ0n) is 11.9. The molecule has 0 aliphatic rings. The summed E-state index contributed by atoms with van der Waals surface area (Å²) in [6.45, 7) is 7.11. The minimum atomic E-state index is -0.0765. The number of amides is 1. The molecule has 0 saturated heterocycles. The maximum absolute atomic E-state index is 12.1. The lowest BCUT2D eigenvalue weighted by atomic mass is 10.3. The molecule has 0 saturated carbocycles. The van der Waals surface area contributed by atoms with E-state index in [0.717, 1.165) is 28.9 Å². The molecule has 0 bridgehead atoms. The standard InChI is InChI=1S/C14H19N3O2S/c1-4-15-14-17-10(3)12(20-14)13(18)16-8-7-11-6-5-9(2)19-11/h5-6H,4,7-8H2,1-3H3,(H,15,17)(H,16,18). The van der Waals surface area contributed by atoms with Gasteiger partial charge in [0.1, 0.15) is 16.4 Å². The van der Waals surface area contributed by atoms with Gasteiger partial charge >= 0.3 is 0 Å². The van der Waals surface area contributed by atoms with Crippen molar-refractivity contribution in [3.05, 3.63) is 34.2 Å². The number of rotatable bonds is 6. The highest BCUT2D eigenvalue weighted by Gasteiger charge is 2.14. The Hall–Kier alpha value is -1.82. The molecule has 0 atom stereocenters. The van der Waals surface area contributed by atoms with Crippen LogP contribution < -0.4 is 10.6 Å². The molecule has 6 heteroatoms. The van der Waals surface area contributed by atoms with Crippen molar-refractivity contribution in [2.45, 2.75) is 27.2 Å². The number of aromatic nitrogens is 1. The molecule has 5 nitrogen and oxygen atoms in total. The predicted octanol–water partition coefficient (Wildman–Crippen LogP) is 2.76. The van der Waals surface area contributed by atoms with E-state index in [2.05, 4.69) is 15.6 Å². The number of hydrogen-bond acceptors (Lipinski definition) is 5. The molecule has 0 aromatic carbocycles. The zero-order valence-corrected chi connectivity index (χ0v) is 12.8. The summed E-state index contributed by atoms with van der Waals surface area (Å²) in [5.74, 6) is 1.70. The monoisotopic (exact) mass is 293 g/mol. The molecule has 2 rings (SSSR count). The number of nitrogens with one attached hydrogen (secondary N) is 2. The Morgan fingerprint density at radius 1 is 1.40 bits per heavy atom. The van der Waals surface area contributed by atoms with Gasteiger partial charge in [-0.05, 0) is 32.9 Å². The van der Waals surface area contributed by atoms with Crippen LogP contribution in [0.2, 0.25) is 0 Å². The Bertz CT molecular complexity index is 589. The lowest BCUT2D eigenvalue weighted by Gasteiger charge is -2.02. The lowest BCUT2D eigenvalue weighted by molar-refractivity contribution is 0.0957. The third kappa shape index (κ3) is 3.60. The first-order chi connectivity index (χ1) is 9.60. The average molecular weight is 293 g/mol. The maximum atomic E-state index is 12.1. The van der Waals surface area contributed by atoms with Crippen LogP contribution >= 0.6 is 11.3 Å². The molecule has 2 N–H and O–H groups in total. The van der Waals surface area contributed by atoms with E-state index in [4.69, 9.17) is 4.42 Å². The fourth-order valence-electron chi connectivity index (χ4n) is 1.83. The van der Waals surface area contributed by atoms with Crippen LogP contribution in [0, 0.1) is 13.8 Å². The summed E-state index contributed by atoms with van der Waals surface area (Å²) in [6.07, 6.45) is 0.692. The van der Waals surface area contributed by atoms with E-state index in [0.29, 0.717) is 17.8 Å². The van der Waals surface area contributed by atoms with Gasteiger partial charge < -0.3 is 15.1 Å². The molecule has 0 spiro atoms. The number of nitrogens with zero attached hydrogens (tertiary/aromatic N) is 1. The van der Waals surface area contributed by atoms with Gasteiger partial charge in [0.15, 0.2) is 5.13 Å². The molecule has 1 amide bonds. The third-order valence-electron chi connectivity index (χ3n) is 2.78. The second-order valence-electron chi connectivity index (χ2n) is 4.48. The number of carbonyl (C=O) groups excluding carboxylic acids is 1. The number of thiazole rings is 1. The lowest BCUT2D eigenvalue weighted by Crippen LogP contribution is -2.25.